The Morgan fingerprint density at radius 1 is 1.21 bits per heavy atom. The highest BCUT2D eigenvalue weighted by Gasteiger charge is 2.38. The Kier molecular flexibility index (Phi) is 6.93. The van der Waals surface area contributed by atoms with Gasteiger partial charge in [-0.15, -0.1) is 0 Å². The van der Waals surface area contributed by atoms with Crippen LogP contribution in [-0.2, 0) is 9.47 Å². The molecule has 0 aromatic rings. The lowest BCUT2D eigenvalue weighted by molar-refractivity contribution is 0.0449. The Hall–Kier alpha value is -0.810. The number of carbonyl (C=O) groups excluding carboxylic acids is 1. The second-order valence-corrected chi connectivity index (χ2v) is 8.60. The van der Waals surface area contributed by atoms with Gasteiger partial charge in [0, 0.05) is 25.3 Å². The molecule has 1 aliphatic heterocycles. The fourth-order valence-electron chi connectivity index (χ4n) is 3.84. The van der Waals surface area contributed by atoms with E-state index in [2.05, 4.69) is 17.6 Å². The Labute approximate surface area is 147 Å². The van der Waals surface area contributed by atoms with E-state index in [-0.39, 0.29) is 11.6 Å². The summed E-state index contributed by atoms with van der Waals surface area (Å²) >= 11 is 0. The second-order valence-electron chi connectivity index (χ2n) is 8.60. The summed E-state index contributed by atoms with van der Waals surface area (Å²) in [5.41, 5.74) is -0.460. The SMILES string of the molecule is CC1CCCCC1(CNC(=O)OC(C)(C)C)NCC1CCOCC1. The molecular weight excluding hydrogens is 304 g/mol. The summed E-state index contributed by atoms with van der Waals surface area (Å²) in [4.78, 5) is 12.1. The van der Waals surface area contributed by atoms with Crippen molar-refractivity contribution in [1.29, 1.82) is 0 Å². The van der Waals surface area contributed by atoms with Gasteiger partial charge in [-0.1, -0.05) is 19.8 Å². The third-order valence-corrected chi connectivity index (χ3v) is 5.48. The van der Waals surface area contributed by atoms with Gasteiger partial charge in [-0.05, 0) is 64.8 Å². The van der Waals surface area contributed by atoms with Crippen molar-refractivity contribution in [2.24, 2.45) is 11.8 Å². The molecule has 0 aromatic carbocycles. The van der Waals surface area contributed by atoms with Gasteiger partial charge in [0.2, 0.25) is 0 Å². The van der Waals surface area contributed by atoms with E-state index in [0.29, 0.717) is 18.4 Å². The van der Waals surface area contributed by atoms with Crippen molar-refractivity contribution in [1.82, 2.24) is 10.6 Å². The van der Waals surface area contributed by atoms with Crippen molar-refractivity contribution < 1.29 is 14.3 Å². The van der Waals surface area contributed by atoms with Gasteiger partial charge in [-0.3, -0.25) is 0 Å². The third-order valence-electron chi connectivity index (χ3n) is 5.48. The molecule has 1 heterocycles. The molecule has 24 heavy (non-hydrogen) atoms. The minimum atomic E-state index is -0.453. The monoisotopic (exact) mass is 340 g/mol. The van der Waals surface area contributed by atoms with E-state index >= 15 is 0 Å². The van der Waals surface area contributed by atoms with Gasteiger partial charge in [0.1, 0.15) is 5.60 Å². The fraction of sp³-hybridized carbons (Fsp3) is 0.947. The zero-order valence-electron chi connectivity index (χ0n) is 16.0. The number of amides is 1. The number of ether oxygens (including phenoxy) is 2. The lowest BCUT2D eigenvalue weighted by Crippen LogP contribution is -2.60. The lowest BCUT2D eigenvalue weighted by Gasteiger charge is -2.45. The fourth-order valence-corrected chi connectivity index (χ4v) is 3.84. The van der Waals surface area contributed by atoms with Crippen LogP contribution in [0.3, 0.4) is 0 Å². The van der Waals surface area contributed by atoms with Gasteiger partial charge in [-0.25, -0.2) is 4.79 Å². The zero-order chi connectivity index (χ0) is 17.6. The lowest BCUT2D eigenvalue weighted by atomic mass is 9.73. The van der Waals surface area contributed by atoms with Crippen molar-refractivity contribution in [3.05, 3.63) is 0 Å². The van der Waals surface area contributed by atoms with Crippen LogP contribution in [0.15, 0.2) is 0 Å². The predicted octanol–water partition coefficient (Wildman–Crippen LogP) is 3.48. The highest BCUT2D eigenvalue weighted by Crippen LogP contribution is 2.34. The molecule has 0 bridgehead atoms. The molecule has 5 heteroatoms. The molecule has 0 radical (unpaired) electrons. The topological polar surface area (TPSA) is 59.6 Å². The van der Waals surface area contributed by atoms with Crippen LogP contribution in [-0.4, -0.2) is 43.5 Å². The quantitative estimate of drug-likeness (QED) is 0.804. The Morgan fingerprint density at radius 2 is 1.92 bits per heavy atom. The molecule has 1 saturated heterocycles. The van der Waals surface area contributed by atoms with Crippen LogP contribution in [0.5, 0.6) is 0 Å². The number of nitrogens with one attached hydrogen (secondary N) is 2. The summed E-state index contributed by atoms with van der Waals surface area (Å²) < 4.78 is 10.9. The van der Waals surface area contributed by atoms with Crippen molar-refractivity contribution in [3.8, 4) is 0 Å². The summed E-state index contributed by atoms with van der Waals surface area (Å²) in [6.45, 7) is 11.4. The molecule has 2 rings (SSSR count). The number of alkyl carbamates (subject to hydrolysis) is 1. The molecule has 5 nitrogen and oxygen atoms in total. The Balaban J connectivity index is 1.91. The first kappa shape index (κ1) is 19.5. The van der Waals surface area contributed by atoms with E-state index in [1.165, 1.54) is 19.3 Å². The maximum atomic E-state index is 12.1. The van der Waals surface area contributed by atoms with Crippen molar-refractivity contribution in [2.45, 2.75) is 77.4 Å². The number of carbonyl (C=O) groups is 1. The molecule has 2 unspecified atom stereocenters. The van der Waals surface area contributed by atoms with E-state index in [9.17, 15) is 4.79 Å². The van der Waals surface area contributed by atoms with Crippen LogP contribution >= 0.6 is 0 Å². The van der Waals surface area contributed by atoms with E-state index in [0.717, 1.165) is 39.0 Å². The van der Waals surface area contributed by atoms with Crippen molar-refractivity contribution in [2.75, 3.05) is 26.3 Å². The van der Waals surface area contributed by atoms with Gasteiger partial charge < -0.3 is 20.1 Å². The first-order chi connectivity index (χ1) is 11.3. The smallest absolute Gasteiger partial charge is 0.407 e. The van der Waals surface area contributed by atoms with Gasteiger partial charge in [0.15, 0.2) is 0 Å². The molecular formula is C19H36N2O3. The van der Waals surface area contributed by atoms with E-state index < -0.39 is 5.60 Å². The molecule has 140 valence electrons. The van der Waals surface area contributed by atoms with Crippen molar-refractivity contribution >= 4 is 6.09 Å². The molecule has 0 aromatic heterocycles. The summed E-state index contributed by atoms with van der Waals surface area (Å²) in [5.74, 6) is 1.24. The van der Waals surface area contributed by atoms with Gasteiger partial charge in [0.05, 0.1) is 0 Å². The zero-order valence-corrected chi connectivity index (χ0v) is 16.0. The summed E-state index contributed by atoms with van der Waals surface area (Å²) in [6, 6.07) is 0. The maximum Gasteiger partial charge on any atom is 0.407 e. The molecule has 1 saturated carbocycles. The molecule has 2 fully saturated rings. The molecule has 2 aliphatic rings. The minimum absolute atomic E-state index is 0.00649. The van der Waals surface area contributed by atoms with Crippen LogP contribution in [0, 0.1) is 11.8 Å². The number of hydrogen-bond acceptors (Lipinski definition) is 4. The average Bonchev–Trinajstić information content (AvgIpc) is 2.53. The first-order valence-corrected chi connectivity index (χ1v) is 9.60. The van der Waals surface area contributed by atoms with Gasteiger partial charge >= 0.3 is 6.09 Å². The predicted molar refractivity (Wildman–Crippen MR) is 96.1 cm³/mol. The Bertz CT molecular complexity index is 402. The highest BCUT2D eigenvalue weighted by atomic mass is 16.6. The van der Waals surface area contributed by atoms with Crippen LogP contribution in [0.25, 0.3) is 0 Å². The van der Waals surface area contributed by atoms with Gasteiger partial charge in [-0.2, -0.15) is 0 Å². The summed E-state index contributed by atoms with van der Waals surface area (Å²) in [5, 5.41) is 6.87. The van der Waals surface area contributed by atoms with E-state index in [1.807, 2.05) is 20.8 Å². The average molecular weight is 341 g/mol. The maximum absolute atomic E-state index is 12.1. The molecule has 0 spiro atoms. The van der Waals surface area contributed by atoms with E-state index in [1.54, 1.807) is 0 Å². The number of rotatable bonds is 5. The molecule has 2 N–H and O–H groups in total. The number of hydrogen-bond donors (Lipinski definition) is 2. The minimum Gasteiger partial charge on any atom is -0.444 e. The third kappa shape index (κ3) is 5.92. The first-order valence-electron chi connectivity index (χ1n) is 9.60. The second kappa shape index (κ2) is 8.52. The van der Waals surface area contributed by atoms with Crippen LogP contribution in [0.1, 0.15) is 66.2 Å². The highest BCUT2D eigenvalue weighted by molar-refractivity contribution is 5.67. The van der Waals surface area contributed by atoms with E-state index in [4.69, 9.17) is 9.47 Å². The largest absolute Gasteiger partial charge is 0.444 e. The molecule has 1 aliphatic carbocycles. The normalized spacial score (nSPS) is 29.2. The van der Waals surface area contributed by atoms with Gasteiger partial charge in [0.25, 0.3) is 0 Å². The van der Waals surface area contributed by atoms with Crippen molar-refractivity contribution in [3.63, 3.8) is 0 Å². The molecule has 1 amide bonds. The van der Waals surface area contributed by atoms with Crippen LogP contribution in [0.2, 0.25) is 0 Å². The van der Waals surface area contributed by atoms with Crippen LogP contribution in [0.4, 0.5) is 4.79 Å². The summed E-state index contributed by atoms with van der Waals surface area (Å²) in [7, 11) is 0. The molecule has 2 atom stereocenters. The standard InChI is InChI=1S/C19H36N2O3/c1-15-7-5-6-10-19(15,14-20-17(22)24-18(2,3)4)21-13-16-8-11-23-12-9-16/h15-16,21H,5-14H2,1-4H3,(H,20,22). The Morgan fingerprint density at radius 3 is 2.54 bits per heavy atom. The summed E-state index contributed by atoms with van der Waals surface area (Å²) in [6.07, 6.45) is 6.81. The van der Waals surface area contributed by atoms with Crippen LogP contribution < -0.4 is 10.6 Å².